The van der Waals surface area contributed by atoms with Crippen molar-refractivity contribution >= 4 is 0 Å². The summed E-state index contributed by atoms with van der Waals surface area (Å²) in [6.07, 6.45) is 6.82. The Morgan fingerprint density at radius 1 is 1.55 bits per heavy atom. The molecule has 0 saturated heterocycles. The van der Waals surface area contributed by atoms with Crippen molar-refractivity contribution in [2.24, 2.45) is 0 Å². The molecule has 1 heteroatoms. The number of hydrogen-bond donors (Lipinski definition) is 0. The van der Waals surface area contributed by atoms with Crippen LogP contribution < -0.4 is 0 Å². The maximum absolute atomic E-state index is 12.4. The third-order valence-corrected chi connectivity index (χ3v) is 1.19. The summed E-state index contributed by atoms with van der Waals surface area (Å²) in [5.74, 6) is -0.127. The lowest BCUT2D eigenvalue weighted by atomic mass is 10.2. The van der Waals surface area contributed by atoms with E-state index < -0.39 is 0 Å². The number of rotatable bonds is 4. The van der Waals surface area contributed by atoms with Crippen LogP contribution in [0, 0.1) is 0 Å². The first-order valence-corrected chi connectivity index (χ1v) is 3.54. The Labute approximate surface area is 67.4 Å². The van der Waals surface area contributed by atoms with Crippen LogP contribution in [0.2, 0.25) is 0 Å². The van der Waals surface area contributed by atoms with Crippen LogP contribution in [-0.4, -0.2) is 0 Å². The Bertz CT molecular complexity index is 197. The molecule has 0 aliphatic heterocycles. The molecule has 60 valence electrons. The highest BCUT2D eigenvalue weighted by Gasteiger charge is 1.83. The first-order valence-electron chi connectivity index (χ1n) is 3.54. The molecule has 0 atom stereocenters. The molecule has 0 unspecified atom stereocenters. The van der Waals surface area contributed by atoms with E-state index in [1.165, 1.54) is 6.08 Å². The van der Waals surface area contributed by atoms with Gasteiger partial charge in [-0.2, -0.15) is 0 Å². The molecule has 0 N–H and O–H groups in total. The Morgan fingerprint density at radius 3 is 2.64 bits per heavy atom. The van der Waals surface area contributed by atoms with E-state index in [0.717, 1.165) is 5.57 Å². The van der Waals surface area contributed by atoms with E-state index in [-0.39, 0.29) is 5.83 Å². The van der Waals surface area contributed by atoms with E-state index in [2.05, 4.69) is 13.2 Å². The van der Waals surface area contributed by atoms with Gasteiger partial charge in [0.15, 0.2) is 0 Å². The fraction of sp³-hybridized carbons (Fsp3) is 0.200. The van der Waals surface area contributed by atoms with Gasteiger partial charge < -0.3 is 0 Å². The van der Waals surface area contributed by atoms with Crippen LogP contribution >= 0.6 is 0 Å². The normalized spacial score (nSPS) is 12.0. The van der Waals surface area contributed by atoms with Crippen molar-refractivity contribution in [3.8, 4) is 0 Å². The Kier molecular flexibility index (Phi) is 5.09. The molecule has 0 spiro atoms. The molecule has 11 heavy (non-hydrogen) atoms. The zero-order valence-electron chi connectivity index (χ0n) is 6.81. The van der Waals surface area contributed by atoms with Crippen molar-refractivity contribution in [3.05, 3.63) is 48.9 Å². The van der Waals surface area contributed by atoms with Gasteiger partial charge in [-0.05, 0) is 18.1 Å². The zero-order valence-corrected chi connectivity index (χ0v) is 6.81. The lowest BCUT2D eigenvalue weighted by molar-refractivity contribution is 0.604. The summed E-state index contributed by atoms with van der Waals surface area (Å²) in [4.78, 5) is 0. The van der Waals surface area contributed by atoms with Gasteiger partial charge >= 0.3 is 0 Å². The Morgan fingerprint density at radius 2 is 2.18 bits per heavy atom. The summed E-state index contributed by atoms with van der Waals surface area (Å²) < 4.78 is 12.4. The lowest BCUT2D eigenvalue weighted by Gasteiger charge is -1.86. The molecule has 0 aromatic carbocycles. The predicted molar refractivity (Wildman–Crippen MR) is 48.0 cm³/mol. The molecule has 0 nitrogen and oxygen atoms in total. The highest BCUT2D eigenvalue weighted by atomic mass is 19.1. The molecular formula is C10H13F. The van der Waals surface area contributed by atoms with E-state index in [4.69, 9.17) is 0 Å². The fourth-order valence-electron chi connectivity index (χ4n) is 0.462. The Hall–Kier alpha value is -1.11. The molecule has 0 aromatic heterocycles. The molecular weight excluding hydrogens is 139 g/mol. The average molecular weight is 152 g/mol. The molecule has 0 rings (SSSR count). The van der Waals surface area contributed by atoms with Gasteiger partial charge in [-0.25, -0.2) is 4.39 Å². The van der Waals surface area contributed by atoms with Crippen molar-refractivity contribution < 1.29 is 4.39 Å². The van der Waals surface area contributed by atoms with Crippen molar-refractivity contribution in [3.63, 3.8) is 0 Å². The molecule has 0 amide bonds. The summed E-state index contributed by atoms with van der Waals surface area (Å²) in [5.41, 5.74) is 0.783. The van der Waals surface area contributed by atoms with Gasteiger partial charge in [0.1, 0.15) is 0 Å². The van der Waals surface area contributed by atoms with E-state index in [1.807, 2.05) is 0 Å². The van der Waals surface area contributed by atoms with Crippen LogP contribution in [-0.2, 0) is 0 Å². The molecule has 0 heterocycles. The minimum Gasteiger partial charge on any atom is -0.212 e. The van der Waals surface area contributed by atoms with Crippen LogP contribution in [0.3, 0.4) is 0 Å². The minimum absolute atomic E-state index is 0.127. The third kappa shape index (κ3) is 5.34. The molecule has 0 radical (unpaired) electrons. The van der Waals surface area contributed by atoms with E-state index >= 15 is 0 Å². The molecule has 0 saturated carbocycles. The number of hydrogen-bond acceptors (Lipinski definition) is 0. The maximum Gasteiger partial charge on any atom is 0.0996 e. The zero-order chi connectivity index (χ0) is 8.69. The number of halogens is 1. The summed E-state index contributed by atoms with van der Waals surface area (Å²) in [5, 5.41) is 0. The minimum atomic E-state index is -0.127. The predicted octanol–water partition coefficient (Wildman–Crippen LogP) is 3.55. The lowest BCUT2D eigenvalue weighted by Crippen LogP contribution is -1.66. The van der Waals surface area contributed by atoms with Crippen molar-refractivity contribution in [2.45, 2.75) is 13.3 Å². The first kappa shape index (κ1) is 9.89. The topological polar surface area (TPSA) is 0 Å². The summed E-state index contributed by atoms with van der Waals surface area (Å²) in [6.45, 7) is 8.92. The number of allylic oxidation sites excluding steroid dienone is 6. The molecule has 0 fully saturated rings. The van der Waals surface area contributed by atoms with Crippen molar-refractivity contribution in [2.75, 3.05) is 0 Å². The van der Waals surface area contributed by atoms with Crippen LogP contribution in [0.4, 0.5) is 4.39 Å². The second kappa shape index (κ2) is 5.66. The van der Waals surface area contributed by atoms with Gasteiger partial charge in [-0.15, -0.1) is 0 Å². The molecule has 0 aromatic rings. The summed E-state index contributed by atoms with van der Waals surface area (Å²) in [6, 6.07) is 0. The van der Waals surface area contributed by atoms with Crippen LogP contribution in [0.1, 0.15) is 13.3 Å². The summed E-state index contributed by atoms with van der Waals surface area (Å²) in [7, 11) is 0. The largest absolute Gasteiger partial charge is 0.212 e. The van der Waals surface area contributed by atoms with E-state index in [0.29, 0.717) is 6.42 Å². The van der Waals surface area contributed by atoms with Gasteiger partial charge in [0.2, 0.25) is 0 Å². The van der Waals surface area contributed by atoms with Crippen LogP contribution in [0.15, 0.2) is 48.9 Å². The van der Waals surface area contributed by atoms with E-state index in [9.17, 15) is 4.39 Å². The fourth-order valence-corrected chi connectivity index (χ4v) is 0.462. The van der Waals surface area contributed by atoms with Gasteiger partial charge in [-0.3, -0.25) is 0 Å². The maximum atomic E-state index is 12.4. The molecule has 0 aliphatic rings. The van der Waals surface area contributed by atoms with Crippen molar-refractivity contribution in [1.82, 2.24) is 0 Å². The summed E-state index contributed by atoms with van der Waals surface area (Å²) >= 11 is 0. The molecule has 0 bridgehead atoms. The van der Waals surface area contributed by atoms with E-state index in [1.54, 1.807) is 25.2 Å². The molecule has 0 aliphatic carbocycles. The van der Waals surface area contributed by atoms with Gasteiger partial charge in [0.05, 0.1) is 5.83 Å². The smallest absolute Gasteiger partial charge is 0.0996 e. The first-order chi connectivity index (χ1) is 5.20. The monoisotopic (exact) mass is 152 g/mol. The SMILES string of the molecule is C=CC(=C)/C=C\C=C(\F)CC. The second-order valence-corrected chi connectivity index (χ2v) is 2.11. The van der Waals surface area contributed by atoms with Crippen LogP contribution in [0.5, 0.6) is 0 Å². The van der Waals surface area contributed by atoms with Gasteiger partial charge in [0.25, 0.3) is 0 Å². The van der Waals surface area contributed by atoms with Crippen LogP contribution in [0.25, 0.3) is 0 Å². The van der Waals surface area contributed by atoms with Gasteiger partial charge in [-0.1, -0.05) is 38.3 Å². The quantitative estimate of drug-likeness (QED) is 0.540. The Balaban J connectivity index is 3.95. The average Bonchev–Trinajstić information content (AvgIpc) is 2.04. The second-order valence-electron chi connectivity index (χ2n) is 2.11. The standard InChI is InChI=1S/C10H13F/c1-4-9(3)7-6-8-10(11)5-2/h4,6-8H,1,3,5H2,2H3/b7-6-,10-8+. The highest BCUT2D eigenvalue weighted by Crippen LogP contribution is 2.02. The van der Waals surface area contributed by atoms with Crippen molar-refractivity contribution in [1.29, 1.82) is 0 Å². The third-order valence-electron chi connectivity index (χ3n) is 1.19. The highest BCUT2D eigenvalue weighted by molar-refractivity contribution is 5.28. The van der Waals surface area contributed by atoms with Gasteiger partial charge in [0, 0.05) is 0 Å².